The van der Waals surface area contributed by atoms with Gasteiger partial charge in [0.2, 0.25) is 5.91 Å². The average Bonchev–Trinajstić information content (AvgIpc) is 3.17. The fraction of sp³-hybridized carbons (Fsp3) is 0.435. The van der Waals surface area contributed by atoms with Crippen molar-refractivity contribution in [1.82, 2.24) is 4.90 Å². The van der Waals surface area contributed by atoms with Crippen LogP contribution in [0.2, 0.25) is 0 Å². The van der Waals surface area contributed by atoms with E-state index in [4.69, 9.17) is 9.47 Å². The van der Waals surface area contributed by atoms with Crippen LogP contribution in [0, 0.1) is 13.8 Å². The van der Waals surface area contributed by atoms with Crippen LogP contribution in [0.3, 0.4) is 0 Å². The molecule has 4 heteroatoms. The third-order valence-corrected chi connectivity index (χ3v) is 5.56. The summed E-state index contributed by atoms with van der Waals surface area (Å²) >= 11 is 0. The molecule has 1 heterocycles. The number of likely N-dealkylation sites (tertiary alicyclic amines) is 1. The standard InChI is InChI=1S/C23H29NO3/c1-16-7-10-19(14-17(16)2)20-6-5-13-24(20)23(25)12-9-18-8-11-21(26-3)22(15-18)27-4/h7-8,10-11,14-15,20H,5-6,9,12-13H2,1-4H3. The molecule has 0 spiro atoms. The monoisotopic (exact) mass is 367 g/mol. The van der Waals surface area contributed by atoms with Crippen molar-refractivity contribution in [2.75, 3.05) is 20.8 Å². The minimum absolute atomic E-state index is 0.210. The molecule has 3 rings (SSSR count). The lowest BCUT2D eigenvalue weighted by molar-refractivity contribution is -0.132. The van der Waals surface area contributed by atoms with E-state index in [1.807, 2.05) is 18.2 Å². The van der Waals surface area contributed by atoms with Gasteiger partial charge >= 0.3 is 0 Å². The van der Waals surface area contributed by atoms with Crippen LogP contribution in [0.15, 0.2) is 36.4 Å². The van der Waals surface area contributed by atoms with Gasteiger partial charge in [-0.25, -0.2) is 0 Å². The van der Waals surface area contributed by atoms with E-state index < -0.39 is 0 Å². The van der Waals surface area contributed by atoms with Gasteiger partial charge in [-0.15, -0.1) is 0 Å². The van der Waals surface area contributed by atoms with Crippen LogP contribution in [0.25, 0.3) is 0 Å². The lowest BCUT2D eigenvalue weighted by Gasteiger charge is -2.26. The quantitative estimate of drug-likeness (QED) is 0.748. The molecule has 0 saturated carbocycles. The van der Waals surface area contributed by atoms with Crippen LogP contribution in [0.5, 0.6) is 11.5 Å². The Morgan fingerprint density at radius 3 is 2.52 bits per heavy atom. The number of methoxy groups -OCH3 is 2. The minimum atomic E-state index is 0.210. The first-order chi connectivity index (χ1) is 13.0. The van der Waals surface area contributed by atoms with E-state index in [9.17, 15) is 4.79 Å². The Balaban J connectivity index is 1.67. The second kappa shape index (κ2) is 8.47. The molecule has 1 aliphatic heterocycles. The highest BCUT2D eigenvalue weighted by Gasteiger charge is 2.29. The molecule has 1 aliphatic rings. The molecule has 0 N–H and O–H groups in total. The lowest BCUT2D eigenvalue weighted by Crippen LogP contribution is -2.30. The van der Waals surface area contributed by atoms with Crippen LogP contribution in [-0.4, -0.2) is 31.6 Å². The number of carbonyl (C=O) groups is 1. The number of ether oxygens (including phenoxy) is 2. The topological polar surface area (TPSA) is 38.8 Å². The second-order valence-electron chi connectivity index (χ2n) is 7.28. The van der Waals surface area contributed by atoms with Gasteiger partial charge < -0.3 is 14.4 Å². The Morgan fingerprint density at radius 1 is 1.04 bits per heavy atom. The molecule has 1 saturated heterocycles. The summed E-state index contributed by atoms with van der Waals surface area (Å²) in [6, 6.07) is 12.6. The van der Waals surface area contributed by atoms with E-state index in [0.717, 1.165) is 24.9 Å². The number of nitrogens with zero attached hydrogens (tertiary/aromatic N) is 1. The van der Waals surface area contributed by atoms with Crippen molar-refractivity contribution < 1.29 is 14.3 Å². The molecular formula is C23H29NO3. The van der Waals surface area contributed by atoms with E-state index in [0.29, 0.717) is 24.3 Å². The van der Waals surface area contributed by atoms with E-state index in [1.54, 1.807) is 14.2 Å². The summed E-state index contributed by atoms with van der Waals surface area (Å²) < 4.78 is 10.6. The predicted octanol–water partition coefficient (Wildman–Crippen LogP) is 4.62. The zero-order chi connectivity index (χ0) is 19.4. The largest absolute Gasteiger partial charge is 0.493 e. The molecule has 4 nitrogen and oxygen atoms in total. The van der Waals surface area contributed by atoms with Crippen LogP contribution in [0.1, 0.15) is 47.6 Å². The van der Waals surface area contributed by atoms with Crippen molar-refractivity contribution in [1.29, 1.82) is 0 Å². The Bertz CT molecular complexity index is 815. The number of hydrogen-bond donors (Lipinski definition) is 0. The maximum absolute atomic E-state index is 12.9. The van der Waals surface area contributed by atoms with Gasteiger partial charge in [0.1, 0.15) is 0 Å². The van der Waals surface area contributed by atoms with Crippen molar-refractivity contribution in [3.8, 4) is 11.5 Å². The van der Waals surface area contributed by atoms with E-state index >= 15 is 0 Å². The molecule has 144 valence electrons. The highest BCUT2D eigenvalue weighted by molar-refractivity contribution is 5.77. The van der Waals surface area contributed by atoms with Crippen molar-refractivity contribution in [2.24, 2.45) is 0 Å². The number of aryl methyl sites for hydroxylation is 3. The van der Waals surface area contributed by atoms with Gasteiger partial charge in [0.25, 0.3) is 0 Å². The zero-order valence-electron chi connectivity index (χ0n) is 16.7. The maximum Gasteiger partial charge on any atom is 0.223 e. The molecule has 1 fully saturated rings. The molecule has 2 aromatic rings. The molecule has 1 atom stereocenters. The van der Waals surface area contributed by atoms with Gasteiger partial charge in [0.05, 0.1) is 20.3 Å². The Labute approximate surface area is 162 Å². The SMILES string of the molecule is COc1ccc(CCC(=O)N2CCCC2c2ccc(C)c(C)c2)cc1OC. The van der Waals surface area contributed by atoms with Crippen molar-refractivity contribution >= 4 is 5.91 Å². The molecule has 1 amide bonds. The summed E-state index contributed by atoms with van der Waals surface area (Å²) in [5.74, 6) is 1.64. The van der Waals surface area contributed by atoms with E-state index in [1.165, 1.54) is 16.7 Å². The number of hydrogen-bond acceptors (Lipinski definition) is 3. The van der Waals surface area contributed by atoms with Crippen molar-refractivity contribution in [3.63, 3.8) is 0 Å². The maximum atomic E-state index is 12.9. The normalized spacial score (nSPS) is 16.4. The molecule has 0 aromatic heterocycles. The lowest BCUT2D eigenvalue weighted by atomic mass is 9.99. The Morgan fingerprint density at radius 2 is 1.81 bits per heavy atom. The number of carbonyl (C=O) groups excluding carboxylic acids is 1. The summed E-state index contributed by atoms with van der Waals surface area (Å²) in [4.78, 5) is 15.0. The summed E-state index contributed by atoms with van der Waals surface area (Å²) in [6.45, 7) is 5.11. The van der Waals surface area contributed by atoms with Crippen LogP contribution < -0.4 is 9.47 Å². The van der Waals surface area contributed by atoms with Crippen LogP contribution >= 0.6 is 0 Å². The first kappa shape index (κ1) is 19.3. The van der Waals surface area contributed by atoms with Crippen LogP contribution in [0.4, 0.5) is 0 Å². The third-order valence-electron chi connectivity index (χ3n) is 5.56. The highest BCUT2D eigenvalue weighted by atomic mass is 16.5. The number of rotatable bonds is 6. The number of benzene rings is 2. The first-order valence-corrected chi connectivity index (χ1v) is 9.61. The predicted molar refractivity (Wildman–Crippen MR) is 107 cm³/mol. The zero-order valence-corrected chi connectivity index (χ0v) is 16.7. The number of amides is 1. The summed E-state index contributed by atoms with van der Waals surface area (Å²) in [5.41, 5.74) is 4.93. The van der Waals surface area contributed by atoms with Gasteiger partial charge in [-0.2, -0.15) is 0 Å². The molecular weight excluding hydrogens is 338 g/mol. The highest BCUT2D eigenvalue weighted by Crippen LogP contribution is 2.34. The van der Waals surface area contributed by atoms with Gasteiger partial charge in [0, 0.05) is 13.0 Å². The fourth-order valence-corrected chi connectivity index (χ4v) is 3.81. The fourth-order valence-electron chi connectivity index (χ4n) is 3.81. The van der Waals surface area contributed by atoms with Gasteiger partial charge in [-0.1, -0.05) is 24.3 Å². The van der Waals surface area contributed by atoms with E-state index in [2.05, 4.69) is 36.9 Å². The van der Waals surface area contributed by atoms with E-state index in [-0.39, 0.29) is 11.9 Å². The summed E-state index contributed by atoms with van der Waals surface area (Å²) in [6.07, 6.45) is 3.33. The molecule has 0 aliphatic carbocycles. The minimum Gasteiger partial charge on any atom is -0.493 e. The summed E-state index contributed by atoms with van der Waals surface area (Å²) in [5, 5.41) is 0. The molecule has 2 aromatic carbocycles. The van der Waals surface area contributed by atoms with Crippen LogP contribution in [-0.2, 0) is 11.2 Å². The van der Waals surface area contributed by atoms with Gasteiger partial charge in [-0.3, -0.25) is 4.79 Å². The average molecular weight is 367 g/mol. The van der Waals surface area contributed by atoms with Gasteiger partial charge in [-0.05, 0) is 67.5 Å². The Kier molecular flexibility index (Phi) is 6.04. The third kappa shape index (κ3) is 4.26. The molecule has 1 unspecified atom stereocenters. The van der Waals surface area contributed by atoms with Gasteiger partial charge in [0.15, 0.2) is 11.5 Å². The first-order valence-electron chi connectivity index (χ1n) is 9.61. The molecule has 27 heavy (non-hydrogen) atoms. The second-order valence-corrected chi connectivity index (χ2v) is 7.28. The molecule has 0 radical (unpaired) electrons. The van der Waals surface area contributed by atoms with Crippen molar-refractivity contribution in [2.45, 2.75) is 45.6 Å². The molecule has 0 bridgehead atoms. The summed E-state index contributed by atoms with van der Waals surface area (Å²) in [7, 11) is 3.26. The smallest absolute Gasteiger partial charge is 0.223 e. The van der Waals surface area contributed by atoms with Crippen molar-refractivity contribution in [3.05, 3.63) is 58.7 Å². The Hall–Kier alpha value is -2.49.